The van der Waals surface area contributed by atoms with Gasteiger partial charge in [0, 0.05) is 0 Å². The number of nitrogens with two attached hydrogens (primary N) is 3. The smallest absolute Gasteiger partial charge is 0.325 e. The molecule has 0 radical (unpaired) electrons. The van der Waals surface area contributed by atoms with Gasteiger partial charge in [-0.2, -0.15) is 35.3 Å². The molecule has 0 heterocycles. The number of carbonyl (C=O) groups is 11. The fourth-order valence-corrected chi connectivity index (χ4v) is 7.79. The largest absolute Gasteiger partial charge is 0.480 e. The van der Waals surface area contributed by atoms with Crippen molar-refractivity contribution in [2.45, 2.75) is 146 Å². The van der Waals surface area contributed by atoms with E-state index in [1.807, 2.05) is 0 Å². The normalized spacial score (nSPS) is 15.1. The van der Waals surface area contributed by atoms with E-state index in [-0.39, 0.29) is 32.2 Å². The zero-order chi connectivity index (χ0) is 55.6. The molecule has 418 valence electrons. The second-order valence-electron chi connectivity index (χ2n) is 17.1. The first-order chi connectivity index (χ1) is 34.5. The van der Waals surface area contributed by atoms with Gasteiger partial charge < -0.3 is 80.6 Å². The number of hydrogen-bond acceptors (Lipinski definition) is 18. The molecule has 10 amide bonds. The Bertz CT molecular complexity index is 1810. The number of nitrogens with one attached hydrogen (secondary N) is 10. The maximum atomic E-state index is 13.9. The summed E-state index contributed by atoms with van der Waals surface area (Å²) in [5.41, 5.74) is 17.2. The molecule has 0 aromatic heterocycles. The van der Waals surface area contributed by atoms with Crippen LogP contribution >= 0.6 is 35.3 Å². The van der Waals surface area contributed by atoms with E-state index in [2.05, 4.69) is 53.2 Å². The maximum absolute atomic E-state index is 13.9. The highest BCUT2D eigenvalue weighted by atomic mass is 32.2. The van der Waals surface area contributed by atoms with Gasteiger partial charge in [-0.1, -0.05) is 6.42 Å². The van der Waals surface area contributed by atoms with Gasteiger partial charge in [-0.05, 0) is 128 Å². The summed E-state index contributed by atoms with van der Waals surface area (Å²) in [5.74, 6) is -7.66. The minimum absolute atomic E-state index is 0.0932. The summed E-state index contributed by atoms with van der Waals surface area (Å²) in [7, 11) is 0. The lowest BCUT2D eigenvalue weighted by Crippen LogP contribution is -2.60. The van der Waals surface area contributed by atoms with E-state index in [1.54, 1.807) is 18.8 Å². The van der Waals surface area contributed by atoms with Crippen molar-refractivity contribution in [2.24, 2.45) is 17.2 Å². The number of amides is 10. The monoisotopic (exact) mass is 1100 g/mol. The van der Waals surface area contributed by atoms with E-state index in [0.717, 1.165) is 0 Å². The van der Waals surface area contributed by atoms with Gasteiger partial charge in [-0.25, -0.2) is 0 Å². The topological polar surface area (TPSA) is 427 Å². The number of aliphatic hydroxyl groups excluding tert-OH is 1. The number of hydrogen-bond donors (Lipinski definition) is 15. The van der Waals surface area contributed by atoms with Gasteiger partial charge in [-0.15, -0.1) is 0 Å². The lowest BCUT2D eigenvalue weighted by atomic mass is 10.1. The third-order valence-electron chi connectivity index (χ3n) is 10.8. The van der Waals surface area contributed by atoms with E-state index in [9.17, 15) is 57.8 Å². The van der Waals surface area contributed by atoms with Crippen molar-refractivity contribution in [2.75, 3.05) is 62.2 Å². The molecular weight excluding hydrogens is 1010 g/mol. The maximum Gasteiger partial charge on any atom is 0.325 e. The van der Waals surface area contributed by atoms with Gasteiger partial charge in [0.1, 0.15) is 48.3 Å². The zero-order valence-electron chi connectivity index (χ0n) is 42.9. The molecular formula is C44H81N13O13S3. The Morgan fingerprint density at radius 2 is 0.836 bits per heavy atom. The van der Waals surface area contributed by atoms with Crippen LogP contribution in [0.25, 0.3) is 0 Å². The third kappa shape index (κ3) is 28.9. The van der Waals surface area contributed by atoms with Gasteiger partial charge >= 0.3 is 5.97 Å². The summed E-state index contributed by atoms with van der Waals surface area (Å²) < 4.78 is 0. The van der Waals surface area contributed by atoms with Crippen LogP contribution in [-0.2, 0) is 52.7 Å². The second kappa shape index (κ2) is 38.6. The Morgan fingerprint density at radius 1 is 0.438 bits per heavy atom. The summed E-state index contributed by atoms with van der Waals surface area (Å²) >= 11 is 4.16. The van der Waals surface area contributed by atoms with Crippen molar-refractivity contribution in [3.63, 3.8) is 0 Å². The molecule has 0 aliphatic rings. The molecule has 0 saturated carbocycles. The molecule has 0 rings (SSSR count). The summed E-state index contributed by atoms with van der Waals surface area (Å²) in [5, 5.41) is 44.2. The average molecular weight is 1100 g/mol. The van der Waals surface area contributed by atoms with Crippen molar-refractivity contribution < 1.29 is 63.0 Å². The van der Waals surface area contributed by atoms with Crippen molar-refractivity contribution in [3.05, 3.63) is 0 Å². The molecule has 0 fully saturated rings. The van der Waals surface area contributed by atoms with E-state index in [1.165, 1.54) is 63.0 Å². The minimum atomic E-state index is -1.46. The Labute approximate surface area is 440 Å². The first kappa shape index (κ1) is 68.1. The van der Waals surface area contributed by atoms with Crippen LogP contribution in [0.3, 0.4) is 0 Å². The number of unbranched alkanes of at least 4 members (excludes halogenated alkanes) is 2. The molecule has 0 bridgehead atoms. The van der Waals surface area contributed by atoms with E-state index >= 15 is 0 Å². The molecule has 0 aromatic carbocycles. The lowest BCUT2D eigenvalue weighted by Gasteiger charge is -2.27. The van der Waals surface area contributed by atoms with Crippen LogP contribution in [0.15, 0.2) is 0 Å². The van der Waals surface area contributed by atoms with Crippen molar-refractivity contribution in [1.82, 2.24) is 53.2 Å². The number of carboxylic acid groups (broad SMARTS) is 1. The van der Waals surface area contributed by atoms with Crippen LogP contribution < -0.4 is 70.4 Å². The number of thioether (sulfide) groups is 3. The standard InChI is InChI=1S/C44H81N13O13S3/c1-24(36(61)48-22-33(59)50-25(2)37(62)52-26(3)44(69)70)51-40(65)30(14-19-71-5)53-34(60)23-49-39(64)29(13-9-11-18-46)54-41(66)31(15-20-72-6)55-42(67)32(16-21-73-7)56-43(68)35(27(4)58)57-38(63)28(47)12-8-10-17-45/h24-32,35,58H,8-23,45-47H2,1-7H3,(H,48,61)(H,49,64)(H,50,59)(H,51,65)(H,52,62)(H,53,60)(H,54,66)(H,55,67)(H,56,68)(H,57,63)(H,69,70)/t24-,25-,26-,27+,28-,29-,30-,31-,32-,35-/m0/s1. The number of carboxylic acids is 1. The van der Waals surface area contributed by atoms with Crippen molar-refractivity contribution in [3.8, 4) is 0 Å². The zero-order valence-corrected chi connectivity index (χ0v) is 45.4. The molecule has 0 aliphatic heterocycles. The molecule has 26 nitrogen and oxygen atoms in total. The molecule has 0 aromatic rings. The number of aliphatic hydroxyl groups is 1. The highest BCUT2D eigenvalue weighted by molar-refractivity contribution is 7.98. The van der Waals surface area contributed by atoms with Crippen LogP contribution in [0.1, 0.15) is 85.5 Å². The number of aliphatic carboxylic acids is 1. The Hall–Kier alpha value is -4.94. The van der Waals surface area contributed by atoms with Crippen molar-refractivity contribution in [1.29, 1.82) is 0 Å². The predicted molar refractivity (Wildman–Crippen MR) is 281 cm³/mol. The van der Waals surface area contributed by atoms with Crippen LogP contribution in [0.5, 0.6) is 0 Å². The first-order valence-electron chi connectivity index (χ1n) is 24.0. The lowest BCUT2D eigenvalue weighted by molar-refractivity contribution is -0.141. The molecule has 29 heteroatoms. The van der Waals surface area contributed by atoms with Crippen LogP contribution in [0.2, 0.25) is 0 Å². The minimum Gasteiger partial charge on any atom is -0.480 e. The Kier molecular flexibility index (Phi) is 36.0. The fraction of sp³-hybridized carbons (Fsp3) is 0.750. The quantitative estimate of drug-likeness (QED) is 0.0258. The first-order valence-corrected chi connectivity index (χ1v) is 28.2. The Balaban J connectivity index is 5.91. The van der Waals surface area contributed by atoms with Gasteiger partial charge in [0.15, 0.2) is 0 Å². The predicted octanol–water partition coefficient (Wildman–Crippen LogP) is -4.53. The van der Waals surface area contributed by atoms with E-state index in [0.29, 0.717) is 55.9 Å². The molecule has 18 N–H and O–H groups in total. The summed E-state index contributed by atoms with van der Waals surface area (Å²) in [6.45, 7) is 4.68. The molecule has 0 aliphatic carbocycles. The van der Waals surface area contributed by atoms with Crippen LogP contribution in [0, 0.1) is 0 Å². The molecule has 10 atom stereocenters. The summed E-state index contributed by atoms with van der Waals surface area (Å²) in [6.07, 6.45) is 6.81. The van der Waals surface area contributed by atoms with E-state index < -0.39 is 139 Å². The van der Waals surface area contributed by atoms with Gasteiger partial charge in [-0.3, -0.25) is 52.7 Å². The third-order valence-corrected chi connectivity index (χ3v) is 12.7. The Morgan fingerprint density at radius 3 is 1.30 bits per heavy atom. The van der Waals surface area contributed by atoms with Crippen LogP contribution in [-0.4, -0.2) is 198 Å². The molecule has 0 saturated heterocycles. The SMILES string of the molecule is CSCC[C@H](NC(=O)CNC(=O)[C@H](CCCCN)NC(=O)[C@H](CCSC)NC(=O)[C@H](CCSC)NC(=O)[C@@H](NC(=O)[C@@H](N)CCCCN)[C@@H](C)O)C(=O)N[C@@H](C)C(=O)NCC(=O)N[C@@H](C)C(=O)N[C@@H](C)C(=O)O. The summed E-state index contributed by atoms with van der Waals surface area (Å²) in [4.78, 5) is 143. The molecule has 0 spiro atoms. The van der Waals surface area contributed by atoms with E-state index in [4.69, 9.17) is 22.3 Å². The number of rotatable bonds is 39. The summed E-state index contributed by atoms with van der Waals surface area (Å²) in [6, 6.07) is -10.7. The van der Waals surface area contributed by atoms with Gasteiger partial charge in [0.05, 0.1) is 25.2 Å². The highest BCUT2D eigenvalue weighted by Crippen LogP contribution is 2.09. The second-order valence-corrected chi connectivity index (χ2v) is 20.0. The van der Waals surface area contributed by atoms with Crippen molar-refractivity contribution >= 4 is 100 Å². The average Bonchev–Trinajstić information content (AvgIpc) is 3.34. The van der Waals surface area contributed by atoms with Gasteiger partial charge in [0.25, 0.3) is 0 Å². The fourth-order valence-electron chi connectivity index (χ4n) is 6.38. The van der Waals surface area contributed by atoms with Gasteiger partial charge in [0.2, 0.25) is 59.1 Å². The number of carbonyl (C=O) groups excluding carboxylic acids is 10. The molecule has 73 heavy (non-hydrogen) atoms. The van der Waals surface area contributed by atoms with Crippen LogP contribution in [0.4, 0.5) is 0 Å². The molecule has 0 unspecified atom stereocenters. The highest BCUT2D eigenvalue weighted by Gasteiger charge is 2.34.